The number of azide groups is 1. The average Bonchev–Trinajstić information content (AvgIpc) is 2.23. The second-order valence-corrected chi connectivity index (χ2v) is 3.85. The number of aliphatic hydroxyl groups excluding tert-OH is 1. The van der Waals surface area contributed by atoms with Gasteiger partial charge in [0, 0.05) is 37.0 Å². The fourth-order valence-electron chi connectivity index (χ4n) is 1.95. The van der Waals surface area contributed by atoms with Crippen molar-refractivity contribution in [3.8, 4) is 0 Å². The SMILES string of the molecule is [N-]=[N+]=NCCN1CCC(O)C(CCF)C1. The van der Waals surface area contributed by atoms with E-state index in [0.29, 0.717) is 32.5 Å². The summed E-state index contributed by atoms with van der Waals surface area (Å²) in [6.45, 7) is 2.25. The van der Waals surface area contributed by atoms with Gasteiger partial charge in [0.1, 0.15) is 0 Å². The molecule has 0 amide bonds. The fraction of sp³-hybridized carbons (Fsp3) is 1.00. The molecule has 1 heterocycles. The number of hydrogen-bond acceptors (Lipinski definition) is 3. The Morgan fingerprint density at radius 1 is 1.60 bits per heavy atom. The quantitative estimate of drug-likeness (QED) is 0.428. The van der Waals surface area contributed by atoms with Gasteiger partial charge in [-0.1, -0.05) is 5.11 Å². The van der Waals surface area contributed by atoms with Crippen molar-refractivity contribution in [1.82, 2.24) is 4.90 Å². The van der Waals surface area contributed by atoms with Gasteiger partial charge in [0.05, 0.1) is 12.8 Å². The molecule has 0 radical (unpaired) electrons. The van der Waals surface area contributed by atoms with E-state index < -0.39 is 0 Å². The molecule has 1 N–H and O–H groups in total. The lowest BCUT2D eigenvalue weighted by Gasteiger charge is -2.35. The van der Waals surface area contributed by atoms with Gasteiger partial charge < -0.3 is 10.0 Å². The van der Waals surface area contributed by atoms with Crippen LogP contribution in [0.25, 0.3) is 10.4 Å². The molecule has 0 aromatic carbocycles. The molecule has 1 rings (SSSR count). The van der Waals surface area contributed by atoms with Crippen molar-refractivity contribution in [2.24, 2.45) is 11.0 Å². The van der Waals surface area contributed by atoms with E-state index in [1.807, 2.05) is 0 Å². The van der Waals surface area contributed by atoms with Crippen molar-refractivity contribution >= 4 is 0 Å². The van der Waals surface area contributed by atoms with Gasteiger partial charge in [-0.05, 0) is 18.4 Å². The minimum Gasteiger partial charge on any atom is -0.393 e. The first-order chi connectivity index (χ1) is 7.27. The molecule has 0 saturated carbocycles. The largest absolute Gasteiger partial charge is 0.393 e. The second kappa shape index (κ2) is 6.61. The first-order valence-electron chi connectivity index (χ1n) is 5.25. The van der Waals surface area contributed by atoms with E-state index in [1.54, 1.807) is 0 Å². The molecule has 2 atom stereocenters. The summed E-state index contributed by atoms with van der Waals surface area (Å²) in [6, 6.07) is 0. The van der Waals surface area contributed by atoms with Gasteiger partial charge >= 0.3 is 0 Å². The zero-order valence-corrected chi connectivity index (χ0v) is 8.72. The molecule has 5 nitrogen and oxygen atoms in total. The Kier molecular flexibility index (Phi) is 5.39. The molecule has 6 heteroatoms. The summed E-state index contributed by atoms with van der Waals surface area (Å²) >= 11 is 0. The van der Waals surface area contributed by atoms with Crippen LogP contribution in [0.3, 0.4) is 0 Å². The summed E-state index contributed by atoms with van der Waals surface area (Å²) in [5.41, 5.74) is 8.12. The normalized spacial score (nSPS) is 27.3. The average molecular weight is 216 g/mol. The summed E-state index contributed by atoms with van der Waals surface area (Å²) in [7, 11) is 0. The van der Waals surface area contributed by atoms with Crippen LogP contribution < -0.4 is 0 Å². The molecule has 0 spiro atoms. The van der Waals surface area contributed by atoms with Crippen molar-refractivity contribution in [1.29, 1.82) is 0 Å². The van der Waals surface area contributed by atoms with Crippen molar-refractivity contribution < 1.29 is 9.50 Å². The monoisotopic (exact) mass is 216 g/mol. The minimum absolute atomic E-state index is 0.0230. The minimum atomic E-state index is -0.383. The van der Waals surface area contributed by atoms with Gasteiger partial charge in [-0.2, -0.15) is 0 Å². The highest BCUT2D eigenvalue weighted by Gasteiger charge is 2.26. The van der Waals surface area contributed by atoms with Crippen LogP contribution in [-0.4, -0.2) is 49.0 Å². The topological polar surface area (TPSA) is 72.2 Å². The van der Waals surface area contributed by atoms with Crippen LogP contribution in [0.1, 0.15) is 12.8 Å². The molecular weight excluding hydrogens is 199 g/mol. The molecule has 0 aliphatic carbocycles. The molecule has 1 fully saturated rings. The van der Waals surface area contributed by atoms with Gasteiger partial charge in [0.2, 0.25) is 0 Å². The number of likely N-dealkylation sites (tertiary alicyclic amines) is 1. The number of piperidine rings is 1. The van der Waals surface area contributed by atoms with Crippen molar-refractivity contribution in [3.05, 3.63) is 10.4 Å². The summed E-state index contributed by atoms with van der Waals surface area (Å²) in [6.07, 6.45) is 0.719. The first-order valence-corrected chi connectivity index (χ1v) is 5.25. The molecular formula is C9H17FN4O. The van der Waals surface area contributed by atoms with Crippen LogP contribution in [0, 0.1) is 5.92 Å². The first kappa shape index (κ1) is 12.2. The summed E-state index contributed by atoms with van der Waals surface area (Å²) < 4.78 is 12.2. The van der Waals surface area contributed by atoms with E-state index in [4.69, 9.17) is 5.53 Å². The number of hydrogen-bond donors (Lipinski definition) is 1. The highest BCUT2D eigenvalue weighted by atomic mass is 19.1. The van der Waals surface area contributed by atoms with E-state index in [1.165, 1.54) is 0 Å². The fourth-order valence-corrected chi connectivity index (χ4v) is 1.95. The summed E-state index contributed by atoms with van der Waals surface area (Å²) in [4.78, 5) is 4.79. The van der Waals surface area contributed by atoms with Crippen LogP contribution >= 0.6 is 0 Å². The molecule has 1 saturated heterocycles. The maximum atomic E-state index is 12.2. The smallest absolute Gasteiger partial charge is 0.0898 e. The number of rotatable bonds is 5. The predicted molar refractivity (Wildman–Crippen MR) is 55.2 cm³/mol. The Hall–Kier alpha value is -0.840. The van der Waals surface area contributed by atoms with E-state index in [9.17, 15) is 9.50 Å². The van der Waals surface area contributed by atoms with Gasteiger partial charge in [0.15, 0.2) is 0 Å². The number of nitrogens with zero attached hydrogens (tertiary/aromatic N) is 4. The van der Waals surface area contributed by atoms with Crippen LogP contribution in [-0.2, 0) is 0 Å². The number of halogens is 1. The van der Waals surface area contributed by atoms with E-state index in [-0.39, 0.29) is 18.7 Å². The maximum absolute atomic E-state index is 12.2. The molecule has 2 unspecified atom stereocenters. The Labute approximate surface area is 88.5 Å². The van der Waals surface area contributed by atoms with Crippen LogP contribution in [0.15, 0.2) is 5.11 Å². The second-order valence-electron chi connectivity index (χ2n) is 3.85. The molecule has 0 aromatic heterocycles. The lowest BCUT2D eigenvalue weighted by molar-refractivity contribution is 0.0214. The van der Waals surface area contributed by atoms with Gasteiger partial charge in [-0.15, -0.1) is 0 Å². The Morgan fingerprint density at radius 2 is 2.40 bits per heavy atom. The van der Waals surface area contributed by atoms with E-state index >= 15 is 0 Å². The third kappa shape index (κ3) is 4.03. The van der Waals surface area contributed by atoms with Crippen LogP contribution in [0.4, 0.5) is 4.39 Å². The van der Waals surface area contributed by atoms with Crippen molar-refractivity contribution in [2.75, 3.05) is 32.9 Å². The predicted octanol–water partition coefficient (Wildman–Crippen LogP) is 1.34. The molecule has 0 aromatic rings. The Bertz CT molecular complexity index is 232. The summed E-state index contributed by atoms with van der Waals surface area (Å²) in [5, 5.41) is 13.1. The van der Waals surface area contributed by atoms with Crippen molar-refractivity contribution in [3.63, 3.8) is 0 Å². The lowest BCUT2D eigenvalue weighted by Crippen LogP contribution is -2.44. The molecule has 86 valence electrons. The Morgan fingerprint density at radius 3 is 3.07 bits per heavy atom. The van der Waals surface area contributed by atoms with Crippen LogP contribution in [0.2, 0.25) is 0 Å². The van der Waals surface area contributed by atoms with E-state index in [2.05, 4.69) is 14.9 Å². The maximum Gasteiger partial charge on any atom is 0.0898 e. The Balaban J connectivity index is 2.32. The van der Waals surface area contributed by atoms with Crippen LogP contribution in [0.5, 0.6) is 0 Å². The lowest BCUT2D eigenvalue weighted by atomic mass is 9.92. The molecule has 1 aliphatic heterocycles. The highest BCUT2D eigenvalue weighted by molar-refractivity contribution is 4.80. The number of aliphatic hydroxyl groups is 1. The highest BCUT2D eigenvalue weighted by Crippen LogP contribution is 2.20. The molecule has 1 aliphatic rings. The van der Waals surface area contributed by atoms with Gasteiger partial charge in [-0.3, -0.25) is 4.39 Å². The van der Waals surface area contributed by atoms with Gasteiger partial charge in [0.25, 0.3) is 0 Å². The third-order valence-electron chi connectivity index (χ3n) is 2.84. The zero-order chi connectivity index (χ0) is 11.1. The summed E-state index contributed by atoms with van der Waals surface area (Å²) in [5.74, 6) is 0.0230. The number of alkyl halides is 1. The van der Waals surface area contributed by atoms with Gasteiger partial charge in [-0.25, -0.2) is 0 Å². The zero-order valence-electron chi connectivity index (χ0n) is 8.72. The molecule has 15 heavy (non-hydrogen) atoms. The van der Waals surface area contributed by atoms with Crippen molar-refractivity contribution in [2.45, 2.75) is 18.9 Å². The van der Waals surface area contributed by atoms with E-state index in [0.717, 1.165) is 6.54 Å². The standard InChI is InChI=1S/C9H17FN4O/c10-3-1-8-7-14(5-2-9(8)15)6-4-12-13-11/h8-9,15H,1-7H2. The molecule has 0 bridgehead atoms. The third-order valence-corrected chi connectivity index (χ3v) is 2.84.